The van der Waals surface area contributed by atoms with Crippen molar-refractivity contribution < 1.29 is 9.59 Å². The zero-order chi connectivity index (χ0) is 17.4. The fraction of sp³-hybridized carbons (Fsp3) is 0.286. The zero-order valence-electron chi connectivity index (χ0n) is 12.9. The fourth-order valence-corrected chi connectivity index (χ4v) is 4.53. The predicted molar refractivity (Wildman–Crippen MR) is 95.1 cm³/mol. The number of hydrazine groups is 1. The maximum atomic E-state index is 12.5. The van der Waals surface area contributed by atoms with Gasteiger partial charge in [0.2, 0.25) is 11.8 Å². The number of aromatic nitrogens is 3. The number of nitrogens with zero attached hydrogens (tertiary/aromatic N) is 4. The normalized spacial score (nSPS) is 19.4. The Bertz CT molecular complexity index is 834. The van der Waals surface area contributed by atoms with Crippen LogP contribution in [-0.4, -0.2) is 56.2 Å². The number of carbonyl (C=O) groups excluding carboxylic acids is 2. The van der Waals surface area contributed by atoms with E-state index in [1.54, 1.807) is 11.1 Å². The van der Waals surface area contributed by atoms with Crippen LogP contribution in [0.2, 0.25) is 0 Å². The summed E-state index contributed by atoms with van der Waals surface area (Å²) in [6.45, 7) is 0.755. The summed E-state index contributed by atoms with van der Waals surface area (Å²) in [6, 6.07) is 0. The van der Waals surface area contributed by atoms with E-state index >= 15 is 0 Å². The number of anilines is 1. The van der Waals surface area contributed by atoms with Gasteiger partial charge in [-0.15, -0.1) is 11.3 Å². The number of hydrogen-bond donors (Lipinski definition) is 3. The van der Waals surface area contributed by atoms with Crippen molar-refractivity contribution >= 4 is 44.1 Å². The van der Waals surface area contributed by atoms with Gasteiger partial charge in [0.05, 0.1) is 5.56 Å². The molecule has 4 heterocycles. The van der Waals surface area contributed by atoms with Gasteiger partial charge in [-0.2, -0.15) is 5.10 Å². The number of amides is 2. The van der Waals surface area contributed by atoms with Gasteiger partial charge in [-0.25, -0.2) is 10.4 Å². The maximum absolute atomic E-state index is 12.5. The molecule has 1 atom stereocenters. The number of aromatic amines is 1. The number of fused-ring (bicyclic) bond motifs is 1. The van der Waals surface area contributed by atoms with Crippen LogP contribution in [0.1, 0.15) is 6.42 Å². The molecule has 2 aliphatic heterocycles. The number of rotatable bonds is 4. The molecule has 1 unspecified atom stereocenters. The van der Waals surface area contributed by atoms with Gasteiger partial charge in [-0.05, 0) is 15.9 Å². The summed E-state index contributed by atoms with van der Waals surface area (Å²) in [5.74, 6) is 0.139. The van der Waals surface area contributed by atoms with Gasteiger partial charge < -0.3 is 10.2 Å². The second-order valence-corrected chi connectivity index (χ2v) is 7.27. The molecule has 2 aromatic heterocycles. The van der Waals surface area contributed by atoms with Crippen molar-refractivity contribution in [2.75, 3.05) is 18.4 Å². The SMILES string of the molecule is O=C(CN1C(=O)C=CN2NCCC21)Nc1scc(Br)c1-c1ncn[nH]1. The van der Waals surface area contributed by atoms with Crippen LogP contribution in [0.5, 0.6) is 0 Å². The van der Waals surface area contributed by atoms with E-state index in [0.29, 0.717) is 10.8 Å². The monoisotopic (exact) mass is 423 g/mol. The lowest BCUT2D eigenvalue weighted by Crippen LogP contribution is -2.52. The highest BCUT2D eigenvalue weighted by Gasteiger charge is 2.34. The summed E-state index contributed by atoms with van der Waals surface area (Å²) in [7, 11) is 0. The van der Waals surface area contributed by atoms with Crippen molar-refractivity contribution in [3.05, 3.63) is 28.5 Å². The van der Waals surface area contributed by atoms with E-state index in [9.17, 15) is 9.59 Å². The van der Waals surface area contributed by atoms with Crippen LogP contribution in [0.4, 0.5) is 5.00 Å². The lowest BCUT2D eigenvalue weighted by molar-refractivity contribution is -0.137. The zero-order valence-corrected chi connectivity index (χ0v) is 15.3. The Morgan fingerprint density at radius 1 is 1.52 bits per heavy atom. The predicted octanol–water partition coefficient (Wildman–Crippen LogP) is 1.13. The minimum absolute atomic E-state index is 0.0165. The second kappa shape index (κ2) is 6.58. The summed E-state index contributed by atoms with van der Waals surface area (Å²) in [4.78, 5) is 30.4. The third-order valence-corrected chi connectivity index (χ3v) is 5.83. The molecular formula is C14H14BrN7O2S. The summed E-state index contributed by atoms with van der Waals surface area (Å²) in [5, 5.41) is 13.9. The summed E-state index contributed by atoms with van der Waals surface area (Å²) >= 11 is 4.83. The third kappa shape index (κ3) is 3.05. The molecule has 0 radical (unpaired) electrons. The number of carbonyl (C=O) groups is 2. The molecule has 2 aliphatic rings. The van der Waals surface area contributed by atoms with E-state index < -0.39 is 0 Å². The minimum atomic E-state index is -0.259. The average Bonchev–Trinajstić information content (AvgIpc) is 3.31. The molecule has 0 bridgehead atoms. The van der Waals surface area contributed by atoms with Crippen LogP contribution in [0.25, 0.3) is 11.4 Å². The molecule has 0 saturated carbocycles. The molecule has 11 heteroatoms. The van der Waals surface area contributed by atoms with E-state index in [0.717, 1.165) is 23.0 Å². The van der Waals surface area contributed by atoms with Crippen LogP contribution < -0.4 is 10.7 Å². The molecule has 0 spiro atoms. The van der Waals surface area contributed by atoms with E-state index in [-0.39, 0.29) is 24.5 Å². The summed E-state index contributed by atoms with van der Waals surface area (Å²) < 4.78 is 0.813. The lowest BCUT2D eigenvalue weighted by Gasteiger charge is -2.35. The van der Waals surface area contributed by atoms with Crippen molar-refractivity contribution in [2.45, 2.75) is 12.6 Å². The lowest BCUT2D eigenvalue weighted by atomic mass is 10.2. The van der Waals surface area contributed by atoms with E-state index in [1.807, 2.05) is 10.4 Å². The van der Waals surface area contributed by atoms with Gasteiger partial charge in [0.25, 0.3) is 0 Å². The summed E-state index contributed by atoms with van der Waals surface area (Å²) in [5.41, 5.74) is 3.90. The number of thiophene rings is 1. The second-order valence-electron chi connectivity index (χ2n) is 5.54. The van der Waals surface area contributed by atoms with Crippen molar-refractivity contribution in [3.8, 4) is 11.4 Å². The minimum Gasteiger partial charge on any atom is -0.316 e. The van der Waals surface area contributed by atoms with Crippen molar-refractivity contribution in [3.63, 3.8) is 0 Å². The molecular weight excluding hydrogens is 410 g/mol. The molecule has 1 saturated heterocycles. The van der Waals surface area contributed by atoms with Gasteiger partial charge in [-0.1, -0.05) is 0 Å². The first-order valence-corrected chi connectivity index (χ1v) is 9.24. The largest absolute Gasteiger partial charge is 0.316 e. The number of nitrogens with one attached hydrogen (secondary N) is 3. The van der Waals surface area contributed by atoms with Crippen LogP contribution in [0, 0.1) is 0 Å². The number of H-pyrrole nitrogens is 1. The van der Waals surface area contributed by atoms with Crippen LogP contribution in [0.15, 0.2) is 28.5 Å². The number of halogens is 1. The number of hydrogen-bond acceptors (Lipinski definition) is 7. The molecule has 0 aromatic carbocycles. The maximum Gasteiger partial charge on any atom is 0.250 e. The van der Waals surface area contributed by atoms with Gasteiger partial charge in [0.1, 0.15) is 24.0 Å². The Kier molecular flexibility index (Phi) is 4.27. The average molecular weight is 424 g/mol. The Morgan fingerprint density at radius 3 is 3.20 bits per heavy atom. The fourth-order valence-electron chi connectivity index (χ4n) is 2.89. The molecule has 130 valence electrons. The van der Waals surface area contributed by atoms with Gasteiger partial charge in [0, 0.05) is 35.1 Å². The van der Waals surface area contributed by atoms with E-state index in [1.165, 1.54) is 23.7 Å². The van der Waals surface area contributed by atoms with Crippen molar-refractivity contribution in [1.29, 1.82) is 0 Å². The van der Waals surface area contributed by atoms with Crippen LogP contribution in [0.3, 0.4) is 0 Å². The topological polar surface area (TPSA) is 106 Å². The highest BCUT2D eigenvalue weighted by molar-refractivity contribution is 9.10. The first-order valence-electron chi connectivity index (χ1n) is 7.56. The standard InChI is InChI=1S/C14H14BrN7O2S/c15-8-6-25-14(12(8)13-16-7-17-20-13)19-9(23)5-21-10-1-3-18-22(10)4-2-11(21)24/h2,4,6-7,10,18H,1,3,5H2,(H,19,23)(H,16,17,20). The van der Waals surface area contributed by atoms with Crippen LogP contribution in [-0.2, 0) is 9.59 Å². The Hall–Kier alpha value is -2.24. The van der Waals surface area contributed by atoms with Crippen molar-refractivity contribution in [2.24, 2.45) is 0 Å². The molecule has 4 rings (SSSR count). The highest BCUT2D eigenvalue weighted by atomic mass is 79.9. The van der Waals surface area contributed by atoms with Gasteiger partial charge in [0.15, 0.2) is 5.82 Å². The molecule has 0 aliphatic carbocycles. The smallest absolute Gasteiger partial charge is 0.250 e. The molecule has 9 nitrogen and oxygen atoms in total. The molecule has 2 amide bonds. The first kappa shape index (κ1) is 16.2. The summed E-state index contributed by atoms with van der Waals surface area (Å²) in [6.07, 6.45) is 5.23. The Labute approximate surface area is 155 Å². The highest BCUT2D eigenvalue weighted by Crippen LogP contribution is 2.38. The first-order chi connectivity index (χ1) is 12.1. The molecule has 2 aromatic rings. The van der Waals surface area contributed by atoms with E-state index in [2.05, 4.69) is 41.9 Å². The molecule has 3 N–H and O–H groups in total. The van der Waals surface area contributed by atoms with Gasteiger partial charge >= 0.3 is 0 Å². The van der Waals surface area contributed by atoms with Crippen molar-refractivity contribution in [1.82, 2.24) is 30.5 Å². The van der Waals surface area contributed by atoms with Gasteiger partial charge in [-0.3, -0.25) is 19.7 Å². The van der Waals surface area contributed by atoms with Crippen LogP contribution >= 0.6 is 27.3 Å². The van der Waals surface area contributed by atoms with E-state index in [4.69, 9.17) is 0 Å². The molecule has 1 fully saturated rings. The third-order valence-electron chi connectivity index (χ3n) is 4.00. The quantitative estimate of drug-likeness (QED) is 0.680. The molecule has 25 heavy (non-hydrogen) atoms. The Morgan fingerprint density at radius 2 is 2.40 bits per heavy atom. The Balaban J connectivity index is 1.50.